The Morgan fingerprint density at radius 2 is 2.07 bits per heavy atom. The van der Waals surface area contributed by atoms with Crippen LogP contribution >= 0.6 is 0 Å². The fourth-order valence-electron chi connectivity index (χ4n) is 1.48. The molecule has 1 fully saturated rings. The van der Waals surface area contributed by atoms with E-state index in [1.165, 1.54) is 14.0 Å². The average molecular weight is 207 g/mol. The summed E-state index contributed by atoms with van der Waals surface area (Å²) in [4.78, 5) is 0. The highest BCUT2D eigenvalue weighted by Gasteiger charge is 2.49. The van der Waals surface area contributed by atoms with E-state index in [2.05, 4.69) is 0 Å². The van der Waals surface area contributed by atoms with Crippen molar-refractivity contribution in [1.29, 1.82) is 0 Å². The molecule has 5 N–H and O–H groups in total. The molecule has 3 unspecified atom stereocenters. The van der Waals surface area contributed by atoms with Crippen LogP contribution in [-0.2, 0) is 9.47 Å². The summed E-state index contributed by atoms with van der Waals surface area (Å²) in [5.74, 6) is 0. The molecular weight excluding hydrogens is 190 g/mol. The van der Waals surface area contributed by atoms with E-state index in [9.17, 15) is 10.2 Å². The van der Waals surface area contributed by atoms with Gasteiger partial charge in [-0.25, -0.2) is 0 Å². The second-order valence-corrected chi connectivity index (χ2v) is 3.71. The highest BCUT2D eigenvalue weighted by Crippen LogP contribution is 2.28. The van der Waals surface area contributed by atoms with Gasteiger partial charge in [0.2, 0.25) is 0 Å². The van der Waals surface area contributed by atoms with Gasteiger partial charge in [-0.15, -0.1) is 0 Å². The lowest BCUT2D eigenvalue weighted by Crippen LogP contribution is -2.67. The van der Waals surface area contributed by atoms with E-state index in [0.717, 1.165) is 0 Å². The third-order valence-electron chi connectivity index (χ3n) is 2.59. The molecule has 0 aromatic rings. The number of hydrogen-bond donors (Lipinski definition) is 4. The molecular formula is C8H17NO5. The SMILES string of the molecule is CO[C@@H]1OC(C)(CO)[C@H](O)C(O)C1N. The standard InChI is InChI=1S/C8H17NO5/c1-8(3-10)6(12)5(11)4(9)7(13-2)14-8/h4-7,10-12H,3,9H2,1-2H3/t4?,5?,6-,7-,8?/m1/s1. The van der Waals surface area contributed by atoms with Crippen molar-refractivity contribution >= 4 is 0 Å². The second-order valence-electron chi connectivity index (χ2n) is 3.71. The first kappa shape index (κ1) is 11.8. The van der Waals surface area contributed by atoms with E-state index in [-0.39, 0.29) is 0 Å². The Kier molecular flexibility index (Phi) is 3.46. The van der Waals surface area contributed by atoms with Crippen LogP contribution < -0.4 is 5.73 Å². The minimum absolute atomic E-state index is 0.419. The second kappa shape index (κ2) is 4.09. The summed E-state index contributed by atoms with van der Waals surface area (Å²) in [5, 5.41) is 28.2. The zero-order chi connectivity index (χ0) is 10.9. The van der Waals surface area contributed by atoms with Crippen LogP contribution in [0.3, 0.4) is 0 Å². The minimum Gasteiger partial charge on any atom is -0.393 e. The van der Waals surface area contributed by atoms with Crippen molar-refractivity contribution in [3.8, 4) is 0 Å². The maximum atomic E-state index is 9.61. The lowest BCUT2D eigenvalue weighted by molar-refractivity contribution is -0.297. The van der Waals surface area contributed by atoms with E-state index in [4.69, 9.17) is 20.3 Å². The summed E-state index contributed by atoms with van der Waals surface area (Å²) in [7, 11) is 1.38. The van der Waals surface area contributed by atoms with Gasteiger partial charge in [0.25, 0.3) is 0 Å². The van der Waals surface area contributed by atoms with Gasteiger partial charge >= 0.3 is 0 Å². The highest BCUT2D eigenvalue weighted by atomic mass is 16.7. The van der Waals surface area contributed by atoms with Crippen molar-refractivity contribution in [2.75, 3.05) is 13.7 Å². The van der Waals surface area contributed by atoms with Crippen molar-refractivity contribution in [2.45, 2.75) is 37.1 Å². The monoisotopic (exact) mass is 207 g/mol. The van der Waals surface area contributed by atoms with Crippen LogP contribution in [0.2, 0.25) is 0 Å². The summed E-state index contributed by atoms with van der Waals surface area (Å²) in [6, 6.07) is -0.824. The van der Waals surface area contributed by atoms with Gasteiger partial charge in [0, 0.05) is 7.11 Å². The fraction of sp³-hybridized carbons (Fsp3) is 1.00. The predicted octanol–water partition coefficient (Wildman–Crippen LogP) is -2.21. The van der Waals surface area contributed by atoms with Crippen LogP contribution in [0.1, 0.15) is 6.92 Å². The van der Waals surface area contributed by atoms with Gasteiger partial charge in [-0.1, -0.05) is 0 Å². The molecule has 0 saturated carbocycles. The van der Waals surface area contributed by atoms with Crippen LogP contribution in [0.15, 0.2) is 0 Å². The zero-order valence-electron chi connectivity index (χ0n) is 8.25. The minimum atomic E-state index is -1.24. The van der Waals surface area contributed by atoms with Gasteiger partial charge in [-0.05, 0) is 6.92 Å². The molecule has 5 atom stereocenters. The summed E-state index contributed by atoms with van der Waals surface area (Å²) in [5.41, 5.74) is 4.32. The number of rotatable bonds is 2. The molecule has 0 spiro atoms. The number of hydrogen-bond acceptors (Lipinski definition) is 6. The molecule has 1 aliphatic heterocycles. The molecule has 6 heteroatoms. The third kappa shape index (κ3) is 1.77. The molecule has 0 aromatic heterocycles. The van der Waals surface area contributed by atoms with Gasteiger partial charge < -0.3 is 30.5 Å². The molecule has 0 aliphatic carbocycles. The van der Waals surface area contributed by atoms with Gasteiger partial charge in [-0.3, -0.25) is 0 Å². The highest BCUT2D eigenvalue weighted by molar-refractivity contribution is 4.98. The Bertz CT molecular complexity index is 200. The molecule has 1 rings (SSSR count). The summed E-state index contributed by atoms with van der Waals surface area (Å²) >= 11 is 0. The molecule has 84 valence electrons. The van der Waals surface area contributed by atoms with Crippen LogP contribution in [-0.4, -0.2) is 59.2 Å². The Labute approximate surface area is 82.2 Å². The maximum Gasteiger partial charge on any atom is 0.175 e. The first-order valence-corrected chi connectivity index (χ1v) is 4.39. The van der Waals surface area contributed by atoms with Crippen LogP contribution in [0.25, 0.3) is 0 Å². The lowest BCUT2D eigenvalue weighted by Gasteiger charge is -2.46. The van der Waals surface area contributed by atoms with Crippen molar-refractivity contribution in [2.24, 2.45) is 5.73 Å². The third-order valence-corrected chi connectivity index (χ3v) is 2.59. The largest absolute Gasteiger partial charge is 0.393 e. The first-order valence-electron chi connectivity index (χ1n) is 4.39. The maximum absolute atomic E-state index is 9.61. The molecule has 0 aromatic carbocycles. The predicted molar refractivity (Wildman–Crippen MR) is 47.4 cm³/mol. The van der Waals surface area contributed by atoms with Crippen LogP contribution in [0.5, 0.6) is 0 Å². The van der Waals surface area contributed by atoms with Crippen molar-refractivity contribution in [3.05, 3.63) is 0 Å². The normalized spacial score (nSPS) is 49.3. The summed E-state index contributed by atoms with van der Waals surface area (Å²) < 4.78 is 10.1. The molecule has 0 amide bonds. The Hall–Kier alpha value is -0.240. The summed E-state index contributed by atoms with van der Waals surface area (Å²) in [6.07, 6.45) is -3.23. The van der Waals surface area contributed by atoms with Crippen molar-refractivity contribution in [3.63, 3.8) is 0 Å². The zero-order valence-corrected chi connectivity index (χ0v) is 8.25. The lowest BCUT2D eigenvalue weighted by atomic mass is 9.88. The molecule has 6 nitrogen and oxygen atoms in total. The average Bonchev–Trinajstić information content (AvgIpc) is 2.20. The van der Waals surface area contributed by atoms with E-state index >= 15 is 0 Å². The van der Waals surface area contributed by atoms with E-state index in [0.29, 0.717) is 0 Å². The van der Waals surface area contributed by atoms with Gasteiger partial charge in [0.05, 0.1) is 12.6 Å². The van der Waals surface area contributed by atoms with Gasteiger partial charge in [-0.2, -0.15) is 0 Å². The Morgan fingerprint density at radius 3 is 2.50 bits per heavy atom. The van der Waals surface area contributed by atoms with Crippen LogP contribution in [0, 0.1) is 0 Å². The first-order chi connectivity index (χ1) is 6.46. The fourth-order valence-corrected chi connectivity index (χ4v) is 1.48. The van der Waals surface area contributed by atoms with Crippen molar-refractivity contribution < 1.29 is 24.8 Å². The Morgan fingerprint density at radius 1 is 1.50 bits per heavy atom. The van der Waals surface area contributed by atoms with E-state index in [1.54, 1.807) is 0 Å². The van der Waals surface area contributed by atoms with E-state index in [1.807, 2.05) is 0 Å². The number of aliphatic hydroxyl groups excluding tert-OH is 3. The summed E-state index contributed by atoms with van der Waals surface area (Å²) in [6.45, 7) is 1.07. The number of methoxy groups -OCH3 is 1. The number of nitrogens with two attached hydrogens (primary N) is 1. The topological polar surface area (TPSA) is 105 Å². The van der Waals surface area contributed by atoms with Crippen LogP contribution in [0.4, 0.5) is 0 Å². The smallest absolute Gasteiger partial charge is 0.175 e. The Balaban J connectivity index is 2.84. The number of aliphatic hydroxyl groups is 3. The molecule has 0 radical (unpaired) electrons. The van der Waals surface area contributed by atoms with E-state index < -0.39 is 36.7 Å². The molecule has 1 aliphatic rings. The van der Waals surface area contributed by atoms with Gasteiger partial charge in [0.1, 0.15) is 17.8 Å². The molecule has 0 bridgehead atoms. The van der Waals surface area contributed by atoms with Gasteiger partial charge in [0.15, 0.2) is 6.29 Å². The molecule has 14 heavy (non-hydrogen) atoms. The quantitative estimate of drug-likeness (QED) is 0.409. The molecule has 1 heterocycles. The molecule has 1 saturated heterocycles. The number of ether oxygens (including phenoxy) is 2. The van der Waals surface area contributed by atoms with Crippen molar-refractivity contribution in [1.82, 2.24) is 0 Å².